The fourth-order valence-corrected chi connectivity index (χ4v) is 1.53. The van der Waals surface area contributed by atoms with Gasteiger partial charge in [-0.05, 0) is 24.1 Å². The van der Waals surface area contributed by atoms with Gasteiger partial charge in [-0.15, -0.1) is 0 Å². The first-order valence-corrected chi connectivity index (χ1v) is 5.49. The van der Waals surface area contributed by atoms with Crippen LogP contribution in [-0.4, -0.2) is 17.1 Å². The molecule has 1 aromatic rings. The van der Waals surface area contributed by atoms with Gasteiger partial charge in [0.25, 0.3) is 0 Å². The molecule has 0 amide bonds. The minimum absolute atomic E-state index is 0.00778. The van der Waals surface area contributed by atoms with Gasteiger partial charge in [-0.3, -0.25) is 0 Å². The number of carbonyl (C=O) groups is 1. The second kappa shape index (κ2) is 5.46. The Morgan fingerprint density at radius 1 is 1.32 bits per heavy atom. The Balaban J connectivity index is 2.99. The number of rotatable bonds is 4. The molecule has 1 rings (SSSR count). The van der Waals surface area contributed by atoms with Gasteiger partial charge < -0.3 is 10.4 Å². The molecule has 0 radical (unpaired) electrons. The lowest BCUT2D eigenvalue weighted by Gasteiger charge is -2.19. The number of aliphatic carboxylic acids is 1. The number of hydrogen-bond acceptors (Lipinski definition) is 2. The van der Waals surface area contributed by atoms with E-state index in [-0.39, 0.29) is 11.6 Å². The Kier molecular flexibility index (Phi) is 4.39. The largest absolute Gasteiger partial charge is 0.480 e. The van der Waals surface area contributed by atoms with Gasteiger partial charge >= 0.3 is 12.1 Å². The maximum Gasteiger partial charge on any atom is 0.419 e. The number of carboxylic acid groups (broad SMARTS) is 1. The smallest absolute Gasteiger partial charge is 0.419 e. The predicted molar refractivity (Wildman–Crippen MR) is 61.3 cm³/mol. The molecule has 0 aliphatic rings. The summed E-state index contributed by atoms with van der Waals surface area (Å²) in [5.74, 6) is -2.90. The summed E-state index contributed by atoms with van der Waals surface area (Å²) in [6.07, 6.45) is -4.77. The van der Waals surface area contributed by atoms with Gasteiger partial charge in [0.1, 0.15) is 11.9 Å². The van der Waals surface area contributed by atoms with Crippen LogP contribution >= 0.6 is 0 Å². The van der Waals surface area contributed by atoms with Crippen molar-refractivity contribution < 1.29 is 27.5 Å². The van der Waals surface area contributed by atoms with Crippen LogP contribution in [0, 0.1) is 11.7 Å². The normalized spacial score (nSPS) is 13.4. The molecule has 0 aromatic heterocycles. The van der Waals surface area contributed by atoms with Crippen LogP contribution in [0.2, 0.25) is 0 Å². The number of benzene rings is 1. The minimum atomic E-state index is -4.77. The maximum atomic E-state index is 13.3. The third kappa shape index (κ3) is 3.84. The summed E-state index contributed by atoms with van der Waals surface area (Å²) in [5.41, 5.74) is -1.39. The monoisotopic (exact) mass is 279 g/mol. The van der Waals surface area contributed by atoms with Crippen molar-refractivity contribution in [1.82, 2.24) is 0 Å². The molecule has 7 heteroatoms. The second-order valence-electron chi connectivity index (χ2n) is 4.40. The van der Waals surface area contributed by atoms with Crippen LogP contribution in [0.4, 0.5) is 23.2 Å². The van der Waals surface area contributed by atoms with Crippen LogP contribution in [0.3, 0.4) is 0 Å². The zero-order chi connectivity index (χ0) is 14.8. The Morgan fingerprint density at radius 2 is 1.89 bits per heavy atom. The van der Waals surface area contributed by atoms with Gasteiger partial charge in [-0.2, -0.15) is 13.2 Å². The van der Waals surface area contributed by atoms with Crippen LogP contribution in [-0.2, 0) is 11.0 Å². The van der Waals surface area contributed by atoms with E-state index in [0.29, 0.717) is 12.1 Å². The highest BCUT2D eigenvalue weighted by Crippen LogP contribution is 2.32. The molecule has 106 valence electrons. The lowest BCUT2D eigenvalue weighted by Crippen LogP contribution is -2.34. The Hall–Kier alpha value is -1.79. The van der Waals surface area contributed by atoms with E-state index in [0.717, 1.165) is 6.07 Å². The number of nitrogens with one attached hydrogen (secondary N) is 1. The molecular formula is C12H13F4NO2. The molecule has 0 heterocycles. The fraction of sp³-hybridized carbons (Fsp3) is 0.417. The first kappa shape index (κ1) is 15.3. The molecule has 1 aromatic carbocycles. The number of anilines is 1. The summed E-state index contributed by atoms with van der Waals surface area (Å²) in [4.78, 5) is 10.9. The molecule has 0 unspecified atom stereocenters. The standard InChI is InChI=1S/C12H13F4NO2/c1-6(2)10(11(18)19)17-7-3-4-8(9(13)5-7)12(14,15)16/h3-6,10,17H,1-2H3,(H,18,19)/t10-/m0/s1. The molecular weight excluding hydrogens is 266 g/mol. The highest BCUT2D eigenvalue weighted by molar-refractivity contribution is 5.77. The Labute approximate surface area is 107 Å². The highest BCUT2D eigenvalue weighted by Gasteiger charge is 2.34. The van der Waals surface area contributed by atoms with Gasteiger partial charge in [0, 0.05) is 5.69 Å². The summed E-state index contributed by atoms with van der Waals surface area (Å²) in [6.45, 7) is 3.26. The second-order valence-corrected chi connectivity index (χ2v) is 4.40. The van der Waals surface area contributed by atoms with Crippen molar-refractivity contribution in [2.24, 2.45) is 5.92 Å². The molecule has 0 aliphatic carbocycles. The van der Waals surface area contributed by atoms with Crippen LogP contribution < -0.4 is 5.32 Å². The zero-order valence-electron chi connectivity index (χ0n) is 10.3. The van der Waals surface area contributed by atoms with E-state index in [1.54, 1.807) is 13.8 Å². The van der Waals surface area contributed by atoms with Crippen molar-refractivity contribution in [3.8, 4) is 0 Å². The van der Waals surface area contributed by atoms with Crippen molar-refractivity contribution in [3.63, 3.8) is 0 Å². The average molecular weight is 279 g/mol. The SMILES string of the molecule is CC(C)[C@H](Nc1ccc(C(F)(F)F)c(F)c1)C(=O)O. The predicted octanol–water partition coefficient (Wildman–Crippen LogP) is 3.37. The fourth-order valence-electron chi connectivity index (χ4n) is 1.53. The lowest BCUT2D eigenvalue weighted by molar-refractivity contribution is -0.140. The van der Waals surface area contributed by atoms with E-state index in [9.17, 15) is 22.4 Å². The lowest BCUT2D eigenvalue weighted by atomic mass is 10.0. The van der Waals surface area contributed by atoms with E-state index in [2.05, 4.69) is 5.32 Å². The van der Waals surface area contributed by atoms with Crippen molar-refractivity contribution in [1.29, 1.82) is 0 Å². The third-order valence-corrected chi connectivity index (χ3v) is 2.53. The molecule has 0 fully saturated rings. The van der Waals surface area contributed by atoms with Gasteiger partial charge in [-0.25, -0.2) is 9.18 Å². The van der Waals surface area contributed by atoms with Gasteiger partial charge in [0.05, 0.1) is 5.56 Å². The van der Waals surface area contributed by atoms with E-state index >= 15 is 0 Å². The summed E-state index contributed by atoms with van der Waals surface area (Å²) in [6, 6.07) is 1.22. The summed E-state index contributed by atoms with van der Waals surface area (Å²) in [7, 11) is 0. The van der Waals surface area contributed by atoms with Crippen molar-refractivity contribution in [2.75, 3.05) is 5.32 Å². The topological polar surface area (TPSA) is 49.3 Å². The highest BCUT2D eigenvalue weighted by atomic mass is 19.4. The summed E-state index contributed by atoms with van der Waals surface area (Å²) >= 11 is 0. The van der Waals surface area contributed by atoms with Crippen molar-refractivity contribution in [2.45, 2.75) is 26.1 Å². The molecule has 0 saturated heterocycles. The van der Waals surface area contributed by atoms with Crippen LogP contribution in [0.15, 0.2) is 18.2 Å². The van der Waals surface area contributed by atoms with Crippen LogP contribution in [0.5, 0.6) is 0 Å². The maximum absolute atomic E-state index is 13.3. The molecule has 0 bridgehead atoms. The molecule has 0 spiro atoms. The molecule has 2 N–H and O–H groups in total. The Bertz CT molecular complexity index is 471. The molecule has 0 saturated carbocycles. The van der Waals surface area contributed by atoms with Crippen molar-refractivity contribution in [3.05, 3.63) is 29.6 Å². The first-order chi connectivity index (χ1) is 8.62. The number of hydrogen-bond donors (Lipinski definition) is 2. The van der Waals surface area contributed by atoms with Gasteiger partial charge in [0.2, 0.25) is 0 Å². The average Bonchev–Trinajstić information content (AvgIpc) is 2.23. The minimum Gasteiger partial charge on any atom is -0.480 e. The first-order valence-electron chi connectivity index (χ1n) is 5.49. The van der Waals surface area contributed by atoms with E-state index in [1.165, 1.54) is 0 Å². The Morgan fingerprint density at radius 3 is 2.26 bits per heavy atom. The van der Waals surface area contributed by atoms with Crippen LogP contribution in [0.25, 0.3) is 0 Å². The van der Waals surface area contributed by atoms with E-state index in [4.69, 9.17) is 5.11 Å². The third-order valence-electron chi connectivity index (χ3n) is 2.53. The molecule has 3 nitrogen and oxygen atoms in total. The number of halogens is 4. The van der Waals surface area contributed by atoms with Gasteiger partial charge in [-0.1, -0.05) is 13.8 Å². The quantitative estimate of drug-likeness (QED) is 0.831. The van der Waals surface area contributed by atoms with Crippen molar-refractivity contribution >= 4 is 11.7 Å². The van der Waals surface area contributed by atoms with Gasteiger partial charge in [0.15, 0.2) is 0 Å². The van der Waals surface area contributed by atoms with E-state index in [1.807, 2.05) is 0 Å². The summed E-state index contributed by atoms with van der Waals surface area (Å²) < 4.78 is 50.3. The van der Waals surface area contributed by atoms with E-state index < -0.39 is 29.6 Å². The van der Waals surface area contributed by atoms with Crippen LogP contribution in [0.1, 0.15) is 19.4 Å². The number of alkyl halides is 3. The molecule has 0 aliphatic heterocycles. The molecule has 1 atom stereocenters. The summed E-state index contributed by atoms with van der Waals surface area (Å²) in [5, 5.41) is 11.4. The number of carboxylic acids is 1. The zero-order valence-corrected chi connectivity index (χ0v) is 10.3. The molecule has 19 heavy (non-hydrogen) atoms.